The van der Waals surface area contributed by atoms with Crippen LogP contribution in [0.5, 0.6) is 0 Å². The van der Waals surface area contributed by atoms with E-state index in [0.717, 1.165) is 12.0 Å². The molecule has 4 atom stereocenters. The lowest BCUT2D eigenvalue weighted by Gasteiger charge is -2.23. The Morgan fingerprint density at radius 1 is 1.24 bits per heavy atom. The maximum atomic E-state index is 11.2. The lowest BCUT2D eigenvalue weighted by molar-refractivity contribution is -0.150. The number of ether oxygens (including phenoxy) is 1. The minimum Gasteiger partial charge on any atom is -0.456 e. The summed E-state index contributed by atoms with van der Waals surface area (Å²) in [7, 11) is 0. The zero-order valence-corrected chi connectivity index (χ0v) is 9.32. The summed E-state index contributed by atoms with van der Waals surface area (Å²) < 4.78 is 5.20. The molecule has 0 bridgehead atoms. The van der Waals surface area contributed by atoms with Crippen LogP contribution in [-0.4, -0.2) is 23.3 Å². The molecule has 0 unspecified atom stereocenters. The van der Waals surface area contributed by atoms with E-state index in [1.165, 1.54) is 6.08 Å². The van der Waals surface area contributed by atoms with E-state index < -0.39 is 6.10 Å². The SMILES string of the molecule is O=C1C=C[C@H]2C[C@H](c3ccccc3)[C@@H](O)[C@H]2O1. The van der Waals surface area contributed by atoms with Gasteiger partial charge in [-0.15, -0.1) is 0 Å². The number of fused-ring (bicyclic) bond motifs is 1. The Kier molecular flexibility index (Phi) is 2.48. The van der Waals surface area contributed by atoms with E-state index >= 15 is 0 Å². The fourth-order valence-corrected chi connectivity index (χ4v) is 2.80. The maximum Gasteiger partial charge on any atom is 0.330 e. The van der Waals surface area contributed by atoms with Crippen LogP contribution >= 0.6 is 0 Å². The highest BCUT2D eigenvalue weighted by Gasteiger charge is 2.45. The Bertz CT molecular complexity index is 452. The van der Waals surface area contributed by atoms with Gasteiger partial charge in [0.15, 0.2) is 0 Å². The first-order chi connectivity index (χ1) is 8.25. The van der Waals surface area contributed by atoms with Crippen LogP contribution in [0, 0.1) is 5.92 Å². The normalized spacial score (nSPS) is 35.5. The van der Waals surface area contributed by atoms with E-state index in [2.05, 4.69) is 0 Å². The van der Waals surface area contributed by atoms with Crippen molar-refractivity contribution in [1.82, 2.24) is 0 Å². The van der Waals surface area contributed by atoms with Crippen LogP contribution in [-0.2, 0) is 9.53 Å². The van der Waals surface area contributed by atoms with Gasteiger partial charge in [-0.05, 0) is 12.0 Å². The van der Waals surface area contributed by atoms with Gasteiger partial charge >= 0.3 is 5.97 Å². The molecule has 0 radical (unpaired) electrons. The summed E-state index contributed by atoms with van der Waals surface area (Å²) in [6, 6.07) is 9.91. The number of esters is 1. The molecule has 3 rings (SSSR count). The van der Waals surface area contributed by atoms with Crippen LogP contribution in [0.15, 0.2) is 42.5 Å². The molecule has 1 aliphatic heterocycles. The minimum atomic E-state index is -0.601. The first-order valence-electron chi connectivity index (χ1n) is 5.87. The molecule has 1 aliphatic carbocycles. The molecule has 0 spiro atoms. The number of hydrogen-bond donors (Lipinski definition) is 1. The summed E-state index contributed by atoms with van der Waals surface area (Å²) in [5.74, 6) is -0.145. The van der Waals surface area contributed by atoms with E-state index in [-0.39, 0.29) is 23.9 Å². The average Bonchev–Trinajstić information content (AvgIpc) is 2.68. The molecule has 0 saturated heterocycles. The zero-order valence-electron chi connectivity index (χ0n) is 9.32. The standard InChI is InChI=1S/C14H14O3/c15-12-7-6-10-8-11(13(16)14(10)17-12)9-4-2-1-3-5-9/h1-7,10-11,13-14,16H,8H2/t10-,11+,13+,14-/m0/s1. The van der Waals surface area contributed by atoms with Crippen molar-refractivity contribution in [2.45, 2.75) is 24.5 Å². The zero-order chi connectivity index (χ0) is 11.8. The smallest absolute Gasteiger partial charge is 0.330 e. The highest BCUT2D eigenvalue weighted by atomic mass is 16.6. The molecule has 1 aromatic rings. The molecule has 0 aromatic heterocycles. The molecule has 0 amide bonds. The highest BCUT2D eigenvalue weighted by molar-refractivity contribution is 5.83. The van der Waals surface area contributed by atoms with Crippen molar-refractivity contribution in [2.75, 3.05) is 0 Å². The molecule has 3 heteroatoms. The Morgan fingerprint density at radius 2 is 2.00 bits per heavy atom. The number of carbonyl (C=O) groups excluding carboxylic acids is 1. The van der Waals surface area contributed by atoms with Crippen LogP contribution in [0.1, 0.15) is 17.9 Å². The number of aliphatic hydroxyl groups is 1. The largest absolute Gasteiger partial charge is 0.456 e. The van der Waals surface area contributed by atoms with Gasteiger partial charge in [-0.25, -0.2) is 4.79 Å². The van der Waals surface area contributed by atoms with Crippen molar-refractivity contribution < 1.29 is 14.6 Å². The van der Waals surface area contributed by atoms with E-state index in [1.54, 1.807) is 0 Å². The Morgan fingerprint density at radius 3 is 2.76 bits per heavy atom. The summed E-state index contributed by atoms with van der Waals surface area (Å²) in [4.78, 5) is 11.2. The first-order valence-corrected chi connectivity index (χ1v) is 5.87. The van der Waals surface area contributed by atoms with E-state index in [0.29, 0.717) is 0 Å². The summed E-state index contributed by atoms with van der Waals surface area (Å²) in [6.07, 6.45) is 3.18. The third-order valence-corrected chi connectivity index (χ3v) is 3.66. The van der Waals surface area contributed by atoms with Crippen LogP contribution in [0.3, 0.4) is 0 Å². The second kappa shape index (κ2) is 4.00. The Balaban J connectivity index is 1.87. The second-order valence-electron chi connectivity index (χ2n) is 4.67. The third-order valence-electron chi connectivity index (χ3n) is 3.66. The fourth-order valence-electron chi connectivity index (χ4n) is 2.80. The fraction of sp³-hybridized carbons (Fsp3) is 0.357. The molecule has 1 N–H and O–H groups in total. The molecular formula is C14H14O3. The van der Waals surface area contributed by atoms with Crippen LogP contribution in [0.25, 0.3) is 0 Å². The predicted molar refractivity (Wildman–Crippen MR) is 62.3 cm³/mol. The molecule has 17 heavy (non-hydrogen) atoms. The molecule has 1 saturated carbocycles. The summed E-state index contributed by atoms with van der Waals surface area (Å²) in [5, 5.41) is 10.2. The van der Waals surface area contributed by atoms with E-state index in [9.17, 15) is 9.90 Å². The van der Waals surface area contributed by atoms with Gasteiger partial charge in [-0.3, -0.25) is 0 Å². The third kappa shape index (κ3) is 1.76. The lowest BCUT2D eigenvalue weighted by Crippen LogP contribution is -2.34. The Labute approximate surface area is 99.7 Å². The van der Waals surface area contributed by atoms with Gasteiger partial charge < -0.3 is 9.84 Å². The number of carbonyl (C=O) groups is 1. The first kappa shape index (κ1) is 10.5. The maximum absolute atomic E-state index is 11.2. The van der Waals surface area contributed by atoms with Gasteiger partial charge in [0.1, 0.15) is 6.10 Å². The molecule has 1 aromatic carbocycles. The van der Waals surface area contributed by atoms with Gasteiger partial charge in [0.25, 0.3) is 0 Å². The molecule has 2 aliphatic rings. The summed E-state index contributed by atoms with van der Waals surface area (Å²) in [5.41, 5.74) is 1.11. The van der Waals surface area contributed by atoms with Gasteiger partial charge in [-0.1, -0.05) is 36.4 Å². The highest BCUT2D eigenvalue weighted by Crippen LogP contribution is 2.42. The number of benzene rings is 1. The van der Waals surface area contributed by atoms with Crippen molar-refractivity contribution in [1.29, 1.82) is 0 Å². The molecular weight excluding hydrogens is 216 g/mol. The molecule has 1 fully saturated rings. The predicted octanol–water partition coefficient (Wildman–Crippen LogP) is 1.63. The van der Waals surface area contributed by atoms with Crippen LogP contribution in [0.2, 0.25) is 0 Å². The van der Waals surface area contributed by atoms with Gasteiger partial charge in [-0.2, -0.15) is 0 Å². The molecule has 88 valence electrons. The second-order valence-corrected chi connectivity index (χ2v) is 4.67. The van der Waals surface area contributed by atoms with Crippen molar-refractivity contribution in [2.24, 2.45) is 5.92 Å². The molecule has 3 nitrogen and oxygen atoms in total. The van der Waals surface area contributed by atoms with Crippen molar-refractivity contribution in [3.63, 3.8) is 0 Å². The van der Waals surface area contributed by atoms with Gasteiger partial charge in [0.05, 0.1) is 6.10 Å². The molecule has 1 heterocycles. The van der Waals surface area contributed by atoms with Crippen molar-refractivity contribution >= 4 is 5.97 Å². The number of rotatable bonds is 1. The average molecular weight is 230 g/mol. The van der Waals surface area contributed by atoms with Crippen molar-refractivity contribution in [3.8, 4) is 0 Å². The summed E-state index contributed by atoms with van der Waals surface area (Å²) in [6.45, 7) is 0. The lowest BCUT2D eigenvalue weighted by atomic mass is 9.95. The quantitative estimate of drug-likeness (QED) is 0.746. The number of aliphatic hydroxyl groups excluding tert-OH is 1. The summed E-state index contributed by atoms with van der Waals surface area (Å²) >= 11 is 0. The topological polar surface area (TPSA) is 46.5 Å². The van der Waals surface area contributed by atoms with Crippen LogP contribution in [0.4, 0.5) is 0 Å². The number of hydrogen-bond acceptors (Lipinski definition) is 3. The van der Waals surface area contributed by atoms with Gasteiger partial charge in [0, 0.05) is 17.9 Å². The van der Waals surface area contributed by atoms with E-state index in [4.69, 9.17) is 4.74 Å². The van der Waals surface area contributed by atoms with Crippen LogP contribution < -0.4 is 0 Å². The van der Waals surface area contributed by atoms with E-state index in [1.807, 2.05) is 36.4 Å². The Hall–Kier alpha value is -1.61. The minimum absolute atomic E-state index is 0.0572. The van der Waals surface area contributed by atoms with Crippen molar-refractivity contribution in [3.05, 3.63) is 48.0 Å². The van der Waals surface area contributed by atoms with Gasteiger partial charge in [0.2, 0.25) is 0 Å². The monoisotopic (exact) mass is 230 g/mol.